The summed E-state index contributed by atoms with van der Waals surface area (Å²) in [5, 5.41) is 21.9. The zero-order valence-electron chi connectivity index (χ0n) is 29.7. The maximum Gasteiger partial charge on any atom is 0.252 e. The fourth-order valence-corrected chi connectivity index (χ4v) is 8.72. The number of oxazole rings is 2. The van der Waals surface area contributed by atoms with Crippen molar-refractivity contribution < 1.29 is 28.3 Å². The standard InChI is InChI=1S/C41H38N6O6/c1-5-40(50,6-2)38(49)44-27-16-20-13-14-28-25(15-20)41-24-11-7-10-22(32(24)47-39(41)52-28)21-9-8-12-26-30(21)23(17-42-26)29-18-43-36(51-29)33-34(41)53-37(46-33)31(19(3)4)45-35(27)48/h7-15,17-19,27,31,39,42,47,50H,5-6,16H2,1-4H3,(H,44,49)(H,45,48)/t27-,31?,39?,41?/m0/s1. The van der Waals surface area contributed by atoms with Crippen LogP contribution >= 0.6 is 0 Å². The Morgan fingerprint density at radius 1 is 1.04 bits per heavy atom. The molecule has 10 rings (SSSR count). The lowest BCUT2D eigenvalue weighted by molar-refractivity contribution is -0.143. The van der Waals surface area contributed by atoms with Crippen LogP contribution in [-0.2, 0) is 21.4 Å². The molecule has 0 fully saturated rings. The van der Waals surface area contributed by atoms with Crippen LogP contribution in [0.2, 0.25) is 0 Å². The van der Waals surface area contributed by atoms with Crippen molar-refractivity contribution in [1.29, 1.82) is 0 Å². The van der Waals surface area contributed by atoms with Crippen LogP contribution in [-0.4, -0.2) is 49.7 Å². The van der Waals surface area contributed by atoms with E-state index < -0.39 is 41.1 Å². The van der Waals surface area contributed by atoms with Gasteiger partial charge < -0.3 is 39.6 Å². The van der Waals surface area contributed by atoms with Crippen molar-refractivity contribution in [2.75, 3.05) is 5.32 Å². The minimum Gasteiger partial charge on any atom is -0.469 e. The molecule has 1 spiro atoms. The number of ether oxygens (including phenoxy) is 1. The monoisotopic (exact) mass is 710 g/mol. The molecule has 12 heteroatoms. The van der Waals surface area contributed by atoms with Crippen molar-refractivity contribution in [3.63, 3.8) is 0 Å². The summed E-state index contributed by atoms with van der Waals surface area (Å²) in [6.07, 6.45) is 3.58. The van der Waals surface area contributed by atoms with E-state index in [2.05, 4.69) is 45.2 Å². The first-order valence-electron chi connectivity index (χ1n) is 18.3. The summed E-state index contributed by atoms with van der Waals surface area (Å²) in [5.74, 6) is 1.06. The molecule has 0 aliphatic carbocycles. The molecule has 3 aromatic heterocycles. The Bertz CT molecular complexity index is 2510. The Morgan fingerprint density at radius 3 is 2.66 bits per heavy atom. The summed E-state index contributed by atoms with van der Waals surface area (Å²) in [7, 11) is 0. The number of hydrogen-bond acceptors (Lipinski definition) is 9. The smallest absolute Gasteiger partial charge is 0.252 e. The van der Waals surface area contributed by atoms with Crippen molar-refractivity contribution in [3.05, 3.63) is 95.3 Å². The minimum absolute atomic E-state index is 0.168. The summed E-state index contributed by atoms with van der Waals surface area (Å²) in [4.78, 5) is 41.1. The van der Waals surface area contributed by atoms with Gasteiger partial charge in [0.1, 0.15) is 28.8 Å². The molecule has 53 heavy (non-hydrogen) atoms. The van der Waals surface area contributed by atoms with Gasteiger partial charge in [0.25, 0.3) is 5.91 Å². The lowest BCUT2D eigenvalue weighted by Crippen LogP contribution is -2.55. The van der Waals surface area contributed by atoms with Gasteiger partial charge in [-0.15, -0.1) is 0 Å². The Morgan fingerprint density at radius 2 is 1.85 bits per heavy atom. The highest BCUT2D eigenvalue weighted by Crippen LogP contribution is 2.61. The minimum atomic E-state index is -1.61. The number of aromatic nitrogens is 3. The van der Waals surface area contributed by atoms with Gasteiger partial charge in [-0.3, -0.25) is 9.59 Å². The molecular formula is C41H38N6O6. The van der Waals surface area contributed by atoms with Gasteiger partial charge >= 0.3 is 0 Å². The summed E-state index contributed by atoms with van der Waals surface area (Å²) in [5.41, 5.74) is 5.00. The van der Waals surface area contributed by atoms with Crippen molar-refractivity contribution >= 4 is 28.4 Å². The number of carbonyl (C=O) groups is 2. The highest BCUT2D eigenvalue weighted by atomic mass is 16.5. The molecule has 4 aliphatic rings. The van der Waals surface area contributed by atoms with Crippen LogP contribution < -0.4 is 20.7 Å². The van der Waals surface area contributed by atoms with Gasteiger partial charge in [0.05, 0.1) is 6.20 Å². The normalized spacial score (nSPS) is 22.0. The zero-order valence-corrected chi connectivity index (χ0v) is 29.7. The highest BCUT2D eigenvalue weighted by Gasteiger charge is 2.61. The van der Waals surface area contributed by atoms with Crippen molar-refractivity contribution in [2.45, 2.75) is 76.3 Å². The predicted molar refractivity (Wildman–Crippen MR) is 196 cm³/mol. The molecule has 4 aliphatic heterocycles. The lowest BCUT2D eigenvalue weighted by Gasteiger charge is -2.30. The first kappa shape index (κ1) is 31.8. The van der Waals surface area contributed by atoms with Gasteiger partial charge in [0.2, 0.25) is 17.7 Å². The number of aliphatic hydroxyl groups is 1. The molecular weight excluding hydrogens is 672 g/mol. The number of anilines is 1. The van der Waals surface area contributed by atoms with E-state index in [1.165, 1.54) is 0 Å². The third-order valence-corrected chi connectivity index (χ3v) is 11.7. The van der Waals surface area contributed by atoms with Crippen LogP contribution in [0.3, 0.4) is 0 Å². The fraction of sp³-hybridized carbons (Fsp3) is 0.317. The van der Waals surface area contributed by atoms with E-state index in [0.717, 1.165) is 50.0 Å². The van der Waals surface area contributed by atoms with Gasteiger partial charge in [-0.05, 0) is 42.0 Å². The molecule has 268 valence electrons. The second-order valence-electron chi connectivity index (χ2n) is 14.9. The Balaban J connectivity index is 1.27. The molecule has 3 unspecified atom stereocenters. The van der Waals surface area contributed by atoms with Crippen LogP contribution in [0.5, 0.6) is 5.75 Å². The van der Waals surface area contributed by atoms with Gasteiger partial charge in [-0.25, -0.2) is 9.97 Å². The maximum absolute atomic E-state index is 14.3. The number of amides is 2. The summed E-state index contributed by atoms with van der Waals surface area (Å²) < 4.78 is 20.4. The van der Waals surface area contributed by atoms with E-state index in [0.29, 0.717) is 23.0 Å². The number of benzene rings is 3. The van der Waals surface area contributed by atoms with Crippen molar-refractivity contribution in [3.8, 4) is 39.8 Å². The molecule has 2 amide bonds. The van der Waals surface area contributed by atoms with Crippen LogP contribution in [0.25, 0.3) is 44.9 Å². The molecule has 7 heterocycles. The summed E-state index contributed by atoms with van der Waals surface area (Å²) in [6, 6.07) is 16.6. The first-order valence-corrected chi connectivity index (χ1v) is 18.3. The Labute approximate surface area is 304 Å². The SMILES string of the molecule is CCC(O)(CC)C(=O)N[C@H]1Cc2ccc3c(c2)C24c5cccc(c5NC2O3)-c2cccc3[nH]cc(c23)-c2cnc(o2)-c2nc(oc24)C(C(C)C)NC1=O. The van der Waals surface area contributed by atoms with E-state index in [1.807, 2.05) is 50.4 Å². The number of fused-ring (bicyclic) bond motifs is 7. The number of nitrogens with one attached hydrogen (secondary N) is 4. The average molecular weight is 711 g/mol. The van der Waals surface area contributed by atoms with Crippen LogP contribution in [0.1, 0.15) is 74.9 Å². The summed E-state index contributed by atoms with van der Waals surface area (Å²) >= 11 is 0. The molecule has 10 bridgehead atoms. The maximum atomic E-state index is 14.3. The third kappa shape index (κ3) is 4.26. The second-order valence-corrected chi connectivity index (χ2v) is 14.9. The molecule has 6 aromatic rings. The lowest BCUT2D eigenvalue weighted by atomic mass is 9.72. The van der Waals surface area contributed by atoms with Gasteiger partial charge in [0, 0.05) is 51.5 Å². The largest absolute Gasteiger partial charge is 0.469 e. The fourth-order valence-electron chi connectivity index (χ4n) is 8.72. The van der Waals surface area contributed by atoms with E-state index in [-0.39, 0.29) is 37.0 Å². The highest BCUT2D eigenvalue weighted by molar-refractivity contribution is 6.07. The topological polar surface area (TPSA) is 168 Å². The Kier molecular flexibility index (Phi) is 6.64. The van der Waals surface area contributed by atoms with Crippen LogP contribution in [0, 0.1) is 5.92 Å². The van der Waals surface area contributed by atoms with E-state index >= 15 is 0 Å². The van der Waals surface area contributed by atoms with Gasteiger partial charge in [-0.1, -0.05) is 70.2 Å². The third-order valence-electron chi connectivity index (χ3n) is 11.7. The molecule has 4 atom stereocenters. The van der Waals surface area contributed by atoms with E-state index in [1.54, 1.807) is 20.0 Å². The molecule has 0 saturated heterocycles. The predicted octanol–water partition coefficient (Wildman–Crippen LogP) is 6.34. The summed E-state index contributed by atoms with van der Waals surface area (Å²) in [6.45, 7) is 7.45. The molecule has 0 radical (unpaired) electrons. The average Bonchev–Trinajstić information content (AvgIpc) is 3.99. The second kappa shape index (κ2) is 11.1. The molecule has 0 saturated carbocycles. The van der Waals surface area contributed by atoms with Crippen molar-refractivity contribution in [2.24, 2.45) is 5.92 Å². The Hall–Kier alpha value is -5.88. The van der Waals surface area contributed by atoms with Crippen molar-refractivity contribution in [1.82, 2.24) is 25.6 Å². The van der Waals surface area contributed by atoms with Crippen LogP contribution in [0.4, 0.5) is 5.69 Å². The zero-order chi connectivity index (χ0) is 36.4. The van der Waals surface area contributed by atoms with Gasteiger partial charge in [0.15, 0.2) is 23.4 Å². The number of carbonyl (C=O) groups excluding carboxylic acids is 2. The van der Waals surface area contributed by atoms with Crippen LogP contribution in [0.15, 0.2) is 75.8 Å². The number of H-pyrrole nitrogens is 1. The quantitative estimate of drug-likeness (QED) is 0.137. The molecule has 3 aromatic carbocycles. The molecule has 12 nitrogen and oxygen atoms in total. The number of aromatic amines is 1. The number of hydrogen-bond donors (Lipinski definition) is 5. The van der Waals surface area contributed by atoms with E-state index in [4.69, 9.17) is 23.5 Å². The van der Waals surface area contributed by atoms with Gasteiger partial charge in [-0.2, -0.15) is 0 Å². The number of rotatable bonds is 5. The van der Waals surface area contributed by atoms with E-state index in [9.17, 15) is 14.7 Å². The molecule has 5 N–H and O–H groups in total. The first-order chi connectivity index (χ1) is 25.6. The number of nitrogens with zero attached hydrogens (tertiary/aromatic N) is 2. The number of para-hydroxylation sites is 1.